The summed E-state index contributed by atoms with van der Waals surface area (Å²) in [4.78, 5) is 33.0. The third-order valence-corrected chi connectivity index (χ3v) is 4.41. The Hall–Kier alpha value is -3.07. The average molecular weight is 387 g/mol. The molecule has 0 saturated carbocycles. The van der Waals surface area contributed by atoms with Gasteiger partial charge in [-0.15, -0.1) is 0 Å². The van der Waals surface area contributed by atoms with Crippen LogP contribution in [0.3, 0.4) is 0 Å². The van der Waals surface area contributed by atoms with E-state index in [1.807, 2.05) is 24.0 Å². The number of nitrogens with one attached hydrogen (secondary N) is 2. The molecule has 0 saturated heterocycles. The van der Waals surface area contributed by atoms with Gasteiger partial charge in [0.1, 0.15) is 17.8 Å². The number of aliphatic hydroxyl groups excluding tert-OH is 1. The Labute approximate surface area is 162 Å². The minimum absolute atomic E-state index is 0.114. The van der Waals surface area contributed by atoms with E-state index >= 15 is 0 Å². The fraction of sp³-hybridized carbons (Fsp3) is 0.421. The molecule has 0 unspecified atom stereocenters. The first kappa shape index (κ1) is 19.7. The number of anilines is 2. The summed E-state index contributed by atoms with van der Waals surface area (Å²) in [7, 11) is 0. The zero-order chi connectivity index (χ0) is 19.9. The summed E-state index contributed by atoms with van der Waals surface area (Å²) in [5.41, 5.74) is 1.83. The molecule has 0 bridgehead atoms. The quantitative estimate of drug-likeness (QED) is 0.458. The number of unbranched alkanes of at least 4 members (excludes halogenated alkanes) is 1. The molecule has 28 heavy (non-hydrogen) atoms. The number of ether oxygens (including phenoxy) is 1. The molecule has 1 aliphatic heterocycles. The van der Waals surface area contributed by atoms with Crippen molar-refractivity contribution in [2.75, 3.05) is 37.7 Å². The Bertz CT molecular complexity index is 902. The number of rotatable bonds is 8. The summed E-state index contributed by atoms with van der Waals surface area (Å²) >= 11 is 0. The van der Waals surface area contributed by atoms with E-state index < -0.39 is 0 Å². The van der Waals surface area contributed by atoms with Crippen molar-refractivity contribution in [3.05, 3.63) is 35.6 Å². The number of aromatic nitrogens is 2. The van der Waals surface area contributed by atoms with E-state index in [2.05, 4.69) is 15.3 Å². The Morgan fingerprint density at radius 1 is 1.43 bits per heavy atom. The van der Waals surface area contributed by atoms with Crippen LogP contribution in [0.1, 0.15) is 30.3 Å². The number of hydrogen-bond donors (Lipinski definition) is 3. The average Bonchev–Trinajstić information content (AvgIpc) is 3.16. The molecule has 3 heterocycles. The van der Waals surface area contributed by atoms with Gasteiger partial charge < -0.3 is 25.0 Å². The van der Waals surface area contributed by atoms with Crippen LogP contribution in [0.15, 0.2) is 29.4 Å². The van der Waals surface area contributed by atoms with E-state index in [9.17, 15) is 9.59 Å². The molecule has 1 aliphatic rings. The van der Waals surface area contributed by atoms with Crippen LogP contribution in [-0.4, -0.2) is 59.8 Å². The standard InChI is InChI=1S/C19H25N5O4/c1-2-20-17-11-14(5-7-23(17)13-26)24-8-10-28-16-12-15(22-18(16)24)19(27)21-6-3-4-9-25/h5,7,11-13,22,25H,2-4,6,8-10H2,1H3,(H,21,27). The maximum atomic E-state index is 12.4. The fourth-order valence-electron chi connectivity index (χ4n) is 3.04. The highest BCUT2D eigenvalue weighted by Crippen LogP contribution is 2.36. The van der Waals surface area contributed by atoms with Crippen molar-refractivity contribution in [3.8, 4) is 5.75 Å². The summed E-state index contributed by atoms with van der Waals surface area (Å²) in [5, 5.41) is 11.6. The lowest BCUT2D eigenvalue weighted by Crippen LogP contribution is -2.30. The second-order valence-electron chi connectivity index (χ2n) is 6.31. The second-order valence-corrected chi connectivity index (χ2v) is 6.31. The maximum absolute atomic E-state index is 12.4. The van der Waals surface area contributed by atoms with Crippen LogP contribution < -0.4 is 20.4 Å². The number of nitrogens with zero attached hydrogens (tertiary/aromatic N) is 3. The first-order valence-electron chi connectivity index (χ1n) is 9.38. The van der Waals surface area contributed by atoms with E-state index in [1.54, 1.807) is 12.3 Å². The van der Waals surface area contributed by atoms with Crippen molar-refractivity contribution in [3.63, 3.8) is 0 Å². The molecular weight excluding hydrogens is 362 g/mol. The van der Waals surface area contributed by atoms with E-state index in [4.69, 9.17) is 9.84 Å². The summed E-state index contributed by atoms with van der Waals surface area (Å²) in [6.07, 6.45) is 3.76. The lowest BCUT2D eigenvalue weighted by atomic mass is 10.3. The molecule has 0 atom stereocenters. The highest BCUT2D eigenvalue weighted by molar-refractivity contribution is 5.94. The second kappa shape index (κ2) is 9.23. The predicted molar refractivity (Wildman–Crippen MR) is 105 cm³/mol. The third kappa shape index (κ3) is 4.25. The summed E-state index contributed by atoms with van der Waals surface area (Å²) in [6, 6.07) is 5.35. The highest BCUT2D eigenvalue weighted by atomic mass is 16.5. The molecule has 9 nitrogen and oxygen atoms in total. The van der Waals surface area contributed by atoms with E-state index in [0.717, 1.165) is 18.5 Å². The molecule has 0 aliphatic carbocycles. The van der Waals surface area contributed by atoms with Gasteiger partial charge in [-0.25, -0.2) is 0 Å². The number of aromatic amines is 1. The molecule has 3 rings (SSSR count). The van der Waals surface area contributed by atoms with Gasteiger partial charge in [-0.3, -0.25) is 19.1 Å². The lowest BCUT2D eigenvalue weighted by Gasteiger charge is -2.28. The number of aliphatic hydroxyl groups is 1. The van der Waals surface area contributed by atoms with Crippen molar-refractivity contribution < 1.29 is 19.4 Å². The topological polar surface area (TPSA) is 112 Å². The third-order valence-electron chi connectivity index (χ3n) is 4.41. The number of pyridine rings is 1. The van der Waals surface area contributed by atoms with Crippen molar-refractivity contribution in [2.45, 2.75) is 19.8 Å². The van der Waals surface area contributed by atoms with Crippen LogP contribution in [0.25, 0.3) is 0 Å². The number of hydrogen-bond acceptors (Lipinski definition) is 6. The fourth-order valence-corrected chi connectivity index (χ4v) is 3.04. The van der Waals surface area contributed by atoms with Gasteiger partial charge in [0.25, 0.3) is 5.91 Å². The predicted octanol–water partition coefficient (Wildman–Crippen LogP) is 0.808. The zero-order valence-corrected chi connectivity index (χ0v) is 15.9. The molecule has 150 valence electrons. The van der Waals surface area contributed by atoms with Crippen molar-refractivity contribution in [2.24, 2.45) is 4.99 Å². The van der Waals surface area contributed by atoms with Gasteiger partial charge in [-0.1, -0.05) is 0 Å². The number of amides is 1. The monoisotopic (exact) mass is 387 g/mol. The molecule has 2 aromatic rings. The van der Waals surface area contributed by atoms with Crippen LogP contribution >= 0.6 is 0 Å². The molecule has 2 aromatic heterocycles. The van der Waals surface area contributed by atoms with Crippen LogP contribution in [0, 0.1) is 0 Å². The lowest BCUT2D eigenvalue weighted by molar-refractivity contribution is 0.0947. The molecule has 9 heteroatoms. The van der Waals surface area contributed by atoms with Gasteiger partial charge in [0.05, 0.1) is 6.54 Å². The van der Waals surface area contributed by atoms with Gasteiger partial charge in [-0.2, -0.15) is 0 Å². The summed E-state index contributed by atoms with van der Waals surface area (Å²) in [5.74, 6) is 1.08. The molecule has 1 amide bonds. The molecule has 0 spiro atoms. The molecule has 0 aromatic carbocycles. The largest absolute Gasteiger partial charge is 0.488 e. The molecule has 0 fully saturated rings. The Kier molecular flexibility index (Phi) is 6.49. The first-order valence-corrected chi connectivity index (χ1v) is 9.38. The van der Waals surface area contributed by atoms with Gasteiger partial charge >= 0.3 is 0 Å². The first-order chi connectivity index (χ1) is 13.7. The van der Waals surface area contributed by atoms with Gasteiger partial charge in [-0.05, 0) is 25.8 Å². The van der Waals surface area contributed by atoms with E-state index in [1.165, 1.54) is 4.57 Å². The molecule has 3 N–H and O–H groups in total. The minimum Gasteiger partial charge on any atom is -0.488 e. The molecular formula is C19H25N5O4. The Morgan fingerprint density at radius 3 is 3.04 bits per heavy atom. The van der Waals surface area contributed by atoms with Crippen LogP contribution in [0.2, 0.25) is 0 Å². The maximum Gasteiger partial charge on any atom is 0.267 e. The van der Waals surface area contributed by atoms with Crippen molar-refractivity contribution in [1.29, 1.82) is 0 Å². The Balaban J connectivity index is 1.85. The Morgan fingerprint density at radius 2 is 2.29 bits per heavy atom. The van der Waals surface area contributed by atoms with E-state index in [-0.39, 0.29) is 12.5 Å². The summed E-state index contributed by atoms with van der Waals surface area (Å²) < 4.78 is 7.13. The van der Waals surface area contributed by atoms with Gasteiger partial charge in [0, 0.05) is 43.7 Å². The van der Waals surface area contributed by atoms with Crippen molar-refractivity contribution in [1.82, 2.24) is 14.9 Å². The molecule has 0 radical (unpaired) electrons. The van der Waals surface area contributed by atoms with Crippen LogP contribution in [-0.2, 0) is 4.79 Å². The number of carbonyl (C=O) groups excluding carboxylic acids is 2. The SMILES string of the molecule is CCN=c1cc(N2CCOc3cc(C(=O)NCCCCO)[nH]c32)ccn1C=O. The van der Waals surface area contributed by atoms with Crippen molar-refractivity contribution >= 4 is 23.8 Å². The summed E-state index contributed by atoms with van der Waals surface area (Å²) in [6.45, 7) is 4.16. The van der Waals surface area contributed by atoms with Gasteiger partial charge in [0.15, 0.2) is 11.6 Å². The normalized spacial score (nSPS) is 13.8. The van der Waals surface area contributed by atoms with E-state index in [0.29, 0.717) is 55.4 Å². The van der Waals surface area contributed by atoms with Gasteiger partial charge in [0.2, 0.25) is 6.41 Å². The minimum atomic E-state index is -0.218. The number of fused-ring (bicyclic) bond motifs is 1. The number of H-pyrrole nitrogens is 1. The smallest absolute Gasteiger partial charge is 0.267 e. The van der Waals surface area contributed by atoms with Crippen LogP contribution in [0.4, 0.5) is 11.5 Å². The zero-order valence-electron chi connectivity index (χ0n) is 15.9. The van der Waals surface area contributed by atoms with Crippen LogP contribution in [0.5, 0.6) is 5.75 Å². The number of carbonyl (C=O) groups is 2. The highest BCUT2D eigenvalue weighted by Gasteiger charge is 2.24.